The number of rotatable bonds is 14. The Morgan fingerprint density at radius 3 is 2.27 bits per heavy atom. The molecule has 10 heteroatoms. The molecular formula is C34H40N2O7S. The minimum atomic E-state index is -0.970. The monoisotopic (exact) mass is 620 g/mol. The van der Waals surface area contributed by atoms with Crippen LogP contribution in [-0.4, -0.2) is 46.4 Å². The van der Waals surface area contributed by atoms with Crippen molar-refractivity contribution in [1.29, 1.82) is 0 Å². The average molecular weight is 621 g/mol. The summed E-state index contributed by atoms with van der Waals surface area (Å²) in [6, 6.07) is 22.0. The number of nitrogens with one attached hydrogen (secondary N) is 2. The van der Waals surface area contributed by atoms with Gasteiger partial charge in [-0.1, -0.05) is 61.9 Å². The maximum absolute atomic E-state index is 12.4. The second kappa shape index (κ2) is 16.4. The number of carbonyl (C=O) groups is 3. The van der Waals surface area contributed by atoms with Crippen LogP contribution in [0.2, 0.25) is 0 Å². The molecule has 0 aliphatic carbocycles. The summed E-state index contributed by atoms with van der Waals surface area (Å²) in [5.41, 5.74) is 3.50. The number of aromatic carboxylic acids is 1. The second-order valence-corrected chi connectivity index (χ2v) is 12.0. The highest BCUT2D eigenvalue weighted by Gasteiger charge is 2.38. The van der Waals surface area contributed by atoms with Gasteiger partial charge in [0.05, 0.1) is 24.4 Å². The SMILES string of the molecule is CC(=O)NCCCCCC(=O)Nc1ccc([C@H]2O[C@@H](CSc3ccccc3C(=O)O)[C@@H](C)[C@@H](c3ccc(CO)cc3)O2)cc1. The molecule has 0 bridgehead atoms. The summed E-state index contributed by atoms with van der Waals surface area (Å²) >= 11 is 1.45. The Kier molecular flexibility index (Phi) is 12.4. The third kappa shape index (κ3) is 9.40. The van der Waals surface area contributed by atoms with E-state index in [-0.39, 0.29) is 42.1 Å². The van der Waals surface area contributed by atoms with Gasteiger partial charge >= 0.3 is 5.97 Å². The average Bonchev–Trinajstić information content (AvgIpc) is 3.02. The van der Waals surface area contributed by atoms with E-state index in [0.717, 1.165) is 36.0 Å². The standard InChI is InChI=1S/C34H40N2O7S/c1-22-29(21-44-30-9-6-5-8-28(30)33(40)41)42-34(43-32(22)25-13-11-24(20-37)12-14-25)26-15-17-27(18-16-26)36-31(39)10-4-3-7-19-35-23(2)38/h5-6,8-9,11-18,22,29,32,34,37H,3-4,7,10,19-21H2,1-2H3,(H,35,38)(H,36,39)(H,40,41)/t22-,29+,32+,34+/m1/s1. The van der Waals surface area contributed by atoms with Gasteiger partial charge in [0, 0.05) is 47.7 Å². The first kappa shape index (κ1) is 33.2. The Balaban J connectivity index is 1.43. The zero-order valence-corrected chi connectivity index (χ0v) is 25.8. The molecule has 1 aliphatic rings. The molecule has 1 fully saturated rings. The summed E-state index contributed by atoms with van der Waals surface area (Å²) in [5.74, 6) is -0.611. The molecule has 1 heterocycles. The summed E-state index contributed by atoms with van der Waals surface area (Å²) in [6.07, 6.45) is 1.59. The zero-order valence-electron chi connectivity index (χ0n) is 25.0. The van der Waals surface area contributed by atoms with Crippen LogP contribution in [0, 0.1) is 5.92 Å². The number of aliphatic hydroxyl groups is 1. The Labute approximate surface area is 262 Å². The summed E-state index contributed by atoms with van der Waals surface area (Å²) < 4.78 is 13.0. The van der Waals surface area contributed by atoms with Crippen molar-refractivity contribution >= 4 is 35.2 Å². The summed E-state index contributed by atoms with van der Waals surface area (Å²) in [6.45, 7) is 4.13. The van der Waals surface area contributed by atoms with Gasteiger partial charge in [0.25, 0.3) is 0 Å². The molecule has 0 aromatic heterocycles. The van der Waals surface area contributed by atoms with Crippen LogP contribution in [0.15, 0.2) is 77.7 Å². The number of carboxylic acids is 1. The second-order valence-electron chi connectivity index (χ2n) is 10.9. The van der Waals surface area contributed by atoms with Gasteiger partial charge in [-0.2, -0.15) is 0 Å². The van der Waals surface area contributed by atoms with Crippen LogP contribution in [-0.2, 0) is 25.7 Å². The summed E-state index contributed by atoms with van der Waals surface area (Å²) in [4.78, 5) is 35.8. The predicted molar refractivity (Wildman–Crippen MR) is 169 cm³/mol. The first-order valence-corrected chi connectivity index (χ1v) is 15.8. The predicted octanol–water partition coefficient (Wildman–Crippen LogP) is 6.10. The maximum Gasteiger partial charge on any atom is 0.336 e. The fourth-order valence-electron chi connectivity index (χ4n) is 5.05. The number of thioether (sulfide) groups is 1. The van der Waals surface area contributed by atoms with Crippen LogP contribution in [0.1, 0.15) is 79.0 Å². The summed E-state index contributed by atoms with van der Waals surface area (Å²) in [5, 5.41) is 24.8. The van der Waals surface area contributed by atoms with E-state index in [2.05, 4.69) is 17.6 Å². The number of hydrogen-bond acceptors (Lipinski definition) is 7. The first-order valence-electron chi connectivity index (χ1n) is 14.8. The number of carbonyl (C=O) groups excluding carboxylic acids is 2. The van der Waals surface area contributed by atoms with Gasteiger partial charge in [-0.25, -0.2) is 4.79 Å². The van der Waals surface area contributed by atoms with Crippen molar-refractivity contribution in [3.8, 4) is 0 Å². The minimum Gasteiger partial charge on any atom is -0.478 e. The number of hydrogen-bond donors (Lipinski definition) is 4. The molecule has 3 aromatic rings. The van der Waals surface area contributed by atoms with Gasteiger partial charge in [0.2, 0.25) is 11.8 Å². The molecule has 0 unspecified atom stereocenters. The van der Waals surface area contributed by atoms with Gasteiger partial charge in [0.15, 0.2) is 6.29 Å². The highest BCUT2D eigenvalue weighted by atomic mass is 32.2. The van der Waals surface area contributed by atoms with Crippen LogP contribution >= 0.6 is 11.8 Å². The lowest BCUT2D eigenvalue weighted by molar-refractivity contribution is -0.268. The molecule has 2 amide bonds. The number of anilines is 1. The van der Waals surface area contributed by atoms with E-state index in [9.17, 15) is 24.6 Å². The normalized spacial score (nSPS) is 19.7. The van der Waals surface area contributed by atoms with Gasteiger partial charge in [-0.15, -0.1) is 11.8 Å². The smallest absolute Gasteiger partial charge is 0.336 e. The molecule has 3 aromatic carbocycles. The Hall–Kier alpha value is -3.70. The van der Waals surface area contributed by atoms with Crippen LogP contribution in [0.25, 0.3) is 0 Å². The summed E-state index contributed by atoms with van der Waals surface area (Å²) in [7, 11) is 0. The van der Waals surface area contributed by atoms with E-state index >= 15 is 0 Å². The van der Waals surface area contributed by atoms with Crippen molar-refractivity contribution in [3.63, 3.8) is 0 Å². The largest absolute Gasteiger partial charge is 0.478 e. The number of carboxylic acid groups (broad SMARTS) is 1. The van der Waals surface area contributed by atoms with Crippen molar-refractivity contribution in [2.24, 2.45) is 5.92 Å². The molecular weight excluding hydrogens is 580 g/mol. The maximum atomic E-state index is 12.4. The van der Waals surface area contributed by atoms with Gasteiger partial charge in [0.1, 0.15) is 0 Å². The highest BCUT2D eigenvalue weighted by molar-refractivity contribution is 7.99. The van der Waals surface area contributed by atoms with E-state index < -0.39 is 12.3 Å². The lowest BCUT2D eigenvalue weighted by atomic mass is 9.91. The van der Waals surface area contributed by atoms with Crippen molar-refractivity contribution in [1.82, 2.24) is 5.32 Å². The molecule has 44 heavy (non-hydrogen) atoms. The molecule has 0 saturated carbocycles. The van der Waals surface area contributed by atoms with Crippen LogP contribution < -0.4 is 10.6 Å². The molecule has 1 aliphatic heterocycles. The number of unbranched alkanes of at least 4 members (excludes halogenated alkanes) is 2. The van der Waals surface area contributed by atoms with Gasteiger partial charge < -0.3 is 30.3 Å². The Bertz CT molecular complexity index is 1400. The highest BCUT2D eigenvalue weighted by Crippen LogP contribution is 2.43. The number of ether oxygens (including phenoxy) is 2. The van der Waals surface area contributed by atoms with Crippen LogP contribution in [0.3, 0.4) is 0 Å². The van der Waals surface area contributed by atoms with Gasteiger partial charge in [-0.05, 0) is 48.2 Å². The number of benzene rings is 3. The van der Waals surface area contributed by atoms with Gasteiger partial charge in [-0.3, -0.25) is 9.59 Å². The fourth-order valence-corrected chi connectivity index (χ4v) is 6.26. The first-order chi connectivity index (χ1) is 21.2. The molecule has 4 rings (SSSR count). The zero-order chi connectivity index (χ0) is 31.5. The Morgan fingerprint density at radius 2 is 1.59 bits per heavy atom. The van der Waals surface area contributed by atoms with Crippen molar-refractivity contribution in [2.45, 2.75) is 69.5 Å². The molecule has 234 valence electrons. The van der Waals surface area contributed by atoms with E-state index in [0.29, 0.717) is 29.3 Å². The van der Waals surface area contributed by atoms with E-state index in [1.165, 1.54) is 18.7 Å². The molecule has 0 radical (unpaired) electrons. The van der Waals surface area contributed by atoms with E-state index in [4.69, 9.17) is 9.47 Å². The van der Waals surface area contributed by atoms with E-state index in [1.54, 1.807) is 18.2 Å². The van der Waals surface area contributed by atoms with Crippen molar-refractivity contribution < 1.29 is 34.1 Å². The number of aliphatic hydroxyl groups excluding tert-OH is 1. The molecule has 4 atom stereocenters. The molecule has 0 spiro atoms. The topological polar surface area (TPSA) is 134 Å². The fraction of sp³-hybridized carbons (Fsp3) is 0.382. The quantitative estimate of drug-likeness (QED) is 0.126. The Morgan fingerprint density at radius 1 is 0.886 bits per heavy atom. The van der Waals surface area contributed by atoms with Crippen molar-refractivity contribution in [2.75, 3.05) is 17.6 Å². The number of amides is 2. The lowest BCUT2D eigenvalue weighted by Crippen LogP contribution is -2.38. The molecule has 1 saturated heterocycles. The van der Waals surface area contributed by atoms with Crippen molar-refractivity contribution in [3.05, 3.63) is 95.1 Å². The van der Waals surface area contributed by atoms with E-state index in [1.807, 2.05) is 54.6 Å². The van der Waals surface area contributed by atoms with Crippen LogP contribution in [0.4, 0.5) is 5.69 Å². The lowest BCUT2D eigenvalue weighted by Gasteiger charge is -2.41. The van der Waals surface area contributed by atoms with Crippen LogP contribution in [0.5, 0.6) is 0 Å². The minimum absolute atomic E-state index is 0.0448. The molecule has 9 nitrogen and oxygen atoms in total. The third-order valence-electron chi connectivity index (χ3n) is 7.57. The third-order valence-corrected chi connectivity index (χ3v) is 8.73. The molecule has 4 N–H and O–H groups in total.